The Morgan fingerprint density at radius 1 is 1.40 bits per heavy atom. The summed E-state index contributed by atoms with van der Waals surface area (Å²) in [6.45, 7) is 3.72. The lowest BCUT2D eigenvalue weighted by atomic mass is 9.95. The number of aryl methyl sites for hydroxylation is 1. The van der Waals surface area contributed by atoms with Crippen molar-refractivity contribution in [2.24, 2.45) is 0 Å². The zero-order valence-electron chi connectivity index (χ0n) is 11.5. The van der Waals surface area contributed by atoms with E-state index in [2.05, 4.69) is 11.4 Å². The van der Waals surface area contributed by atoms with Gasteiger partial charge in [-0.25, -0.2) is 0 Å². The Balaban J connectivity index is 2.01. The molecular formula is C15H18N2O3. The molecule has 5 heteroatoms. The van der Waals surface area contributed by atoms with E-state index in [9.17, 15) is 10.1 Å². The van der Waals surface area contributed by atoms with E-state index in [4.69, 9.17) is 4.74 Å². The molecule has 20 heavy (non-hydrogen) atoms. The molecule has 0 radical (unpaired) electrons. The minimum atomic E-state index is -0.356. The van der Waals surface area contributed by atoms with Crippen molar-refractivity contribution in [1.82, 2.24) is 5.32 Å². The van der Waals surface area contributed by atoms with Crippen LogP contribution in [0.3, 0.4) is 0 Å². The van der Waals surface area contributed by atoms with Gasteiger partial charge in [0.1, 0.15) is 0 Å². The molecule has 2 aliphatic rings. The predicted molar refractivity (Wildman–Crippen MR) is 76.9 cm³/mol. The molecule has 0 bridgehead atoms. The Morgan fingerprint density at radius 2 is 2.20 bits per heavy atom. The summed E-state index contributed by atoms with van der Waals surface area (Å²) in [4.78, 5) is 10.8. The molecule has 0 amide bonds. The van der Waals surface area contributed by atoms with Crippen molar-refractivity contribution in [1.29, 1.82) is 0 Å². The van der Waals surface area contributed by atoms with E-state index in [0.717, 1.165) is 43.5 Å². The average Bonchev–Trinajstić information content (AvgIpc) is 3.25. The summed E-state index contributed by atoms with van der Waals surface area (Å²) in [6.07, 6.45) is 5.24. The number of nitro benzene ring substituents is 1. The fourth-order valence-corrected chi connectivity index (χ4v) is 2.49. The van der Waals surface area contributed by atoms with Gasteiger partial charge >= 0.3 is 5.69 Å². The van der Waals surface area contributed by atoms with Gasteiger partial charge in [0.25, 0.3) is 0 Å². The normalized spacial score (nSPS) is 18.6. The van der Waals surface area contributed by atoms with E-state index in [0.29, 0.717) is 5.75 Å². The van der Waals surface area contributed by atoms with Crippen molar-refractivity contribution in [2.45, 2.75) is 32.3 Å². The number of nitrogens with zero attached hydrogens (tertiary/aromatic N) is 1. The van der Waals surface area contributed by atoms with E-state index >= 15 is 0 Å². The second kappa shape index (κ2) is 5.25. The van der Waals surface area contributed by atoms with Gasteiger partial charge in [0.15, 0.2) is 5.75 Å². The van der Waals surface area contributed by atoms with E-state index in [1.807, 2.05) is 13.0 Å². The summed E-state index contributed by atoms with van der Waals surface area (Å²) >= 11 is 0. The molecule has 5 nitrogen and oxygen atoms in total. The molecule has 1 saturated carbocycles. The highest BCUT2D eigenvalue weighted by Gasteiger charge is 2.28. The first kappa shape index (κ1) is 13.1. The second-order valence-electron chi connectivity index (χ2n) is 5.39. The molecular weight excluding hydrogens is 256 g/mol. The fraction of sp³-hybridized carbons (Fsp3) is 0.467. The zero-order valence-corrected chi connectivity index (χ0v) is 11.5. The minimum Gasteiger partial charge on any atom is -0.483 e. The smallest absolute Gasteiger partial charge is 0.311 e. The maximum Gasteiger partial charge on any atom is 0.311 e. The minimum absolute atomic E-state index is 0.0766. The van der Waals surface area contributed by atoms with Crippen molar-refractivity contribution < 1.29 is 9.66 Å². The standard InChI is InChI=1S/C15H18N2O3/c1-10-8-14(17(18)19)15(20-12-2-3-12)9-13(10)11-4-6-16-7-5-11/h4,8-9,12,16H,2-3,5-7H2,1H3. The zero-order chi connectivity index (χ0) is 14.1. The van der Waals surface area contributed by atoms with Gasteiger partial charge < -0.3 is 10.1 Å². The molecule has 0 spiro atoms. The summed E-state index contributed by atoms with van der Waals surface area (Å²) in [7, 11) is 0. The van der Waals surface area contributed by atoms with Crippen LogP contribution in [-0.2, 0) is 0 Å². The topological polar surface area (TPSA) is 64.4 Å². The Morgan fingerprint density at radius 3 is 2.80 bits per heavy atom. The molecule has 1 aromatic carbocycles. The molecule has 106 valence electrons. The Hall–Kier alpha value is -1.88. The number of nitrogens with one attached hydrogen (secondary N) is 1. The van der Waals surface area contributed by atoms with Crippen molar-refractivity contribution >= 4 is 11.3 Å². The first-order valence-electron chi connectivity index (χ1n) is 7.01. The van der Waals surface area contributed by atoms with Crippen LogP contribution in [0.2, 0.25) is 0 Å². The van der Waals surface area contributed by atoms with Crippen LogP contribution in [0, 0.1) is 17.0 Å². The van der Waals surface area contributed by atoms with Crippen molar-refractivity contribution in [3.8, 4) is 5.75 Å². The van der Waals surface area contributed by atoms with Crippen LogP contribution in [0.1, 0.15) is 30.4 Å². The lowest BCUT2D eigenvalue weighted by Crippen LogP contribution is -2.20. The fourth-order valence-electron chi connectivity index (χ4n) is 2.49. The van der Waals surface area contributed by atoms with Crippen LogP contribution in [0.4, 0.5) is 5.69 Å². The number of rotatable bonds is 4. The van der Waals surface area contributed by atoms with E-state index in [1.165, 1.54) is 5.57 Å². The van der Waals surface area contributed by atoms with Crippen LogP contribution >= 0.6 is 0 Å². The van der Waals surface area contributed by atoms with E-state index < -0.39 is 0 Å². The summed E-state index contributed by atoms with van der Waals surface area (Å²) < 4.78 is 5.72. The lowest BCUT2D eigenvalue weighted by molar-refractivity contribution is -0.386. The average molecular weight is 274 g/mol. The van der Waals surface area contributed by atoms with Crippen LogP contribution in [0.25, 0.3) is 5.57 Å². The number of hydrogen-bond donors (Lipinski definition) is 1. The molecule has 0 aromatic heterocycles. The number of nitro groups is 1. The Labute approximate surface area is 117 Å². The van der Waals surface area contributed by atoms with Crippen molar-refractivity contribution in [3.63, 3.8) is 0 Å². The first-order chi connectivity index (χ1) is 9.65. The van der Waals surface area contributed by atoms with Gasteiger partial charge in [-0.15, -0.1) is 0 Å². The molecule has 0 saturated heterocycles. The maximum absolute atomic E-state index is 11.2. The molecule has 1 aromatic rings. The maximum atomic E-state index is 11.2. The molecule has 1 aliphatic carbocycles. The highest BCUT2D eigenvalue weighted by molar-refractivity contribution is 5.72. The number of benzene rings is 1. The van der Waals surface area contributed by atoms with E-state index in [-0.39, 0.29) is 16.7 Å². The molecule has 1 N–H and O–H groups in total. The molecule has 0 unspecified atom stereocenters. The molecule has 0 atom stereocenters. The van der Waals surface area contributed by atoms with Crippen LogP contribution in [0.15, 0.2) is 18.2 Å². The van der Waals surface area contributed by atoms with E-state index in [1.54, 1.807) is 6.07 Å². The summed E-state index contributed by atoms with van der Waals surface area (Å²) in [6, 6.07) is 3.48. The van der Waals surface area contributed by atoms with Gasteiger partial charge in [-0.3, -0.25) is 10.1 Å². The van der Waals surface area contributed by atoms with Gasteiger partial charge in [0.2, 0.25) is 0 Å². The number of hydrogen-bond acceptors (Lipinski definition) is 4. The monoisotopic (exact) mass is 274 g/mol. The predicted octanol–water partition coefficient (Wildman–Crippen LogP) is 2.82. The van der Waals surface area contributed by atoms with Gasteiger partial charge in [-0.1, -0.05) is 6.08 Å². The third kappa shape index (κ3) is 2.67. The third-order valence-electron chi connectivity index (χ3n) is 3.73. The SMILES string of the molecule is Cc1cc([N+](=O)[O-])c(OC2CC2)cc1C1=CCNCC1. The van der Waals surface area contributed by atoms with Crippen LogP contribution in [-0.4, -0.2) is 24.1 Å². The molecule has 1 fully saturated rings. The quantitative estimate of drug-likeness (QED) is 0.677. The second-order valence-corrected chi connectivity index (χ2v) is 5.39. The van der Waals surface area contributed by atoms with Gasteiger partial charge in [0, 0.05) is 12.6 Å². The van der Waals surface area contributed by atoms with Crippen molar-refractivity contribution in [2.75, 3.05) is 13.1 Å². The van der Waals surface area contributed by atoms with Gasteiger partial charge in [-0.2, -0.15) is 0 Å². The third-order valence-corrected chi connectivity index (χ3v) is 3.73. The lowest BCUT2D eigenvalue weighted by Gasteiger charge is -2.17. The molecule has 1 heterocycles. The molecule has 1 aliphatic heterocycles. The number of ether oxygens (including phenoxy) is 1. The Kier molecular flexibility index (Phi) is 3.44. The summed E-state index contributed by atoms with van der Waals surface area (Å²) in [5.41, 5.74) is 3.34. The van der Waals surface area contributed by atoms with Crippen LogP contribution in [0.5, 0.6) is 5.75 Å². The van der Waals surface area contributed by atoms with Gasteiger partial charge in [0.05, 0.1) is 11.0 Å². The summed E-state index contributed by atoms with van der Waals surface area (Å²) in [5.74, 6) is 0.414. The highest BCUT2D eigenvalue weighted by atomic mass is 16.6. The van der Waals surface area contributed by atoms with Gasteiger partial charge in [-0.05, 0) is 55.5 Å². The van der Waals surface area contributed by atoms with Crippen molar-refractivity contribution in [3.05, 3.63) is 39.4 Å². The highest BCUT2D eigenvalue weighted by Crippen LogP contribution is 2.38. The Bertz CT molecular complexity index is 577. The van der Waals surface area contributed by atoms with Crippen LogP contribution < -0.4 is 10.1 Å². The first-order valence-corrected chi connectivity index (χ1v) is 7.01. The largest absolute Gasteiger partial charge is 0.483 e. The summed E-state index contributed by atoms with van der Waals surface area (Å²) in [5, 5.41) is 14.4. The molecule has 3 rings (SSSR count).